The van der Waals surface area contributed by atoms with Gasteiger partial charge in [-0.25, -0.2) is 14.1 Å². The molecule has 1 heterocycles. The summed E-state index contributed by atoms with van der Waals surface area (Å²) in [6.07, 6.45) is -2.89. The first-order valence-electron chi connectivity index (χ1n) is 9.39. The zero-order valence-corrected chi connectivity index (χ0v) is 17.4. The summed E-state index contributed by atoms with van der Waals surface area (Å²) >= 11 is 6.11. The number of halogens is 5. The fourth-order valence-corrected chi connectivity index (χ4v) is 3.30. The summed E-state index contributed by atoms with van der Waals surface area (Å²) in [5.74, 6) is 0.176. The predicted octanol–water partition coefficient (Wildman–Crippen LogP) is 6.71. The second-order valence-corrected chi connectivity index (χ2v) is 7.31. The summed E-state index contributed by atoms with van der Waals surface area (Å²) in [4.78, 5) is 8.71. The van der Waals surface area contributed by atoms with Gasteiger partial charge in [0.05, 0.1) is 21.8 Å². The van der Waals surface area contributed by atoms with E-state index in [2.05, 4.69) is 15.1 Å². The van der Waals surface area contributed by atoms with Crippen molar-refractivity contribution in [2.75, 3.05) is 0 Å². The Bertz CT molecular complexity index is 1260. The first kappa shape index (κ1) is 21.7. The van der Waals surface area contributed by atoms with Crippen molar-refractivity contribution in [1.82, 2.24) is 14.8 Å². The molecule has 162 valence electrons. The van der Waals surface area contributed by atoms with E-state index < -0.39 is 17.6 Å². The Labute approximate surface area is 185 Å². The van der Waals surface area contributed by atoms with Crippen LogP contribution in [0.3, 0.4) is 0 Å². The standard InChI is InChI=1S/C23H15ClF4N4/c1-32-22(30-21(31-32)20-18(24)3-2-4-19(20)25)15-7-11-17(12-8-15)29-13-14-5-9-16(10-6-14)23(26,27)28/h2-13H,1H3. The molecule has 32 heavy (non-hydrogen) atoms. The van der Waals surface area contributed by atoms with Crippen LogP contribution < -0.4 is 0 Å². The van der Waals surface area contributed by atoms with Gasteiger partial charge in [0.2, 0.25) is 0 Å². The molecule has 0 aliphatic rings. The number of aryl methyl sites for hydroxylation is 1. The van der Waals surface area contributed by atoms with Gasteiger partial charge in [0.1, 0.15) is 5.82 Å². The van der Waals surface area contributed by atoms with E-state index in [0.717, 1.165) is 17.7 Å². The van der Waals surface area contributed by atoms with Crippen LogP contribution in [0.25, 0.3) is 22.8 Å². The van der Waals surface area contributed by atoms with Crippen molar-refractivity contribution in [3.05, 3.63) is 88.7 Å². The van der Waals surface area contributed by atoms with Gasteiger partial charge in [-0.2, -0.15) is 18.3 Å². The SMILES string of the molecule is Cn1nc(-c2c(F)cccc2Cl)nc1-c1ccc(N=Cc2ccc(C(F)(F)F)cc2)cc1. The van der Waals surface area contributed by atoms with Crippen LogP contribution in [0.4, 0.5) is 23.2 Å². The van der Waals surface area contributed by atoms with Crippen LogP contribution in [0.2, 0.25) is 5.02 Å². The van der Waals surface area contributed by atoms with Gasteiger partial charge in [0.25, 0.3) is 0 Å². The summed E-state index contributed by atoms with van der Waals surface area (Å²) in [5, 5.41) is 4.49. The van der Waals surface area contributed by atoms with Gasteiger partial charge in [0.15, 0.2) is 11.6 Å². The monoisotopic (exact) mass is 458 g/mol. The van der Waals surface area contributed by atoms with Crippen molar-refractivity contribution in [1.29, 1.82) is 0 Å². The maximum atomic E-state index is 14.2. The number of nitrogens with zero attached hydrogens (tertiary/aromatic N) is 4. The number of aliphatic imine (C=N–C) groups is 1. The minimum Gasteiger partial charge on any atom is -0.256 e. The molecule has 0 unspecified atom stereocenters. The molecule has 0 amide bonds. The fraction of sp³-hybridized carbons (Fsp3) is 0.0870. The minimum absolute atomic E-state index is 0.133. The maximum absolute atomic E-state index is 14.2. The molecule has 0 spiro atoms. The van der Waals surface area contributed by atoms with E-state index in [0.29, 0.717) is 17.1 Å². The third kappa shape index (κ3) is 4.55. The molecule has 3 aromatic carbocycles. The lowest BCUT2D eigenvalue weighted by molar-refractivity contribution is -0.137. The van der Waals surface area contributed by atoms with Crippen molar-refractivity contribution in [2.45, 2.75) is 6.18 Å². The highest BCUT2D eigenvalue weighted by Gasteiger charge is 2.29. The molecular weight excluding hydrogens is 444 g/mol. The third-order valence-corrected chi connectivity index (χ3v) is 4.99. The molecule has 0 bridgehead atoms. The Kier molecular flexibility index (Phi) is 5.80. The lowest BCUT2D eigenvalue weighted by Crippen LogP contribution is -2.04. The summed E-state index contributed by atoms with van der Waals surface area (Å²) in [6.45, 7) is 0. The molecule has 0 saturated heterocycles. The van der Waals surface area contributed by atoms with Crippen molar-refractivity contribution in [2.24, 2.45) is 12.0 Å². The van der Waals surface area contributed by atoms with E-state index in [9.17, 15) is 17.6 Å². The number of aromatic nitrogens is 3. The molecule has 0 saturated carbocycles. The highest BCUT2D eigenvalue weighted by molar-refractivity contribution is 6.33. The molecular formula is C23H15ClF4N4. The van der Waals surface area contributed by atoms with E-state index >= 15 is 0 Å². The van der Waals surface area contributed by atoms with Crippen LogP contribution in [0.5, 0.6) is 0 Å². The van der Waals surface area contributed by atoms with Crippen LogP contribution in [-0.2, 0) is 13.2 Å². The van der Waals surface area contributed by atoms with Crippen LogP contribution in [0, 0.1) is 5.82 Å². The smallest absolute Gasteiger partial charge is 0.256 e. The molecule has 4 rings (SSSR count). The van der Waals surface area contributed by atoms with Gasteiger partial charge in [-0.05, 0) is 54.1 Å². The lowest BCUT2D eigenvalue weighted by atomic mass is 10.1. The van der Waals surface area contributed by atoms with Crippen molar-refractivity contribution in [3.63, 3.8) is 0 Å². The second-order valence-electron chi connectivity index (χ2n) is 6.90. The molecule has 0 aliphatic carbocycles. The fourth-order valence-electron chi connectivity index (χ4n) is 3.06. The van der Waals surface area contributed by atoms with Gasteiger partial charge >= 0.3 is 6.18 Å². The Hall–Kier alpha value is -3.52. The van der Waals surface area contributed by atoms with Gasteiger partial charge in [0, 0.05) is 18.8 Å². The largest absolute Gasteiger partial charge is 0.416 e. The van der Waals surface area contributed by atoms with Crippen molar-refractivity contribution < 1.29 is 17.6 Å². The van der Waals surface area contributed by atoms with E-state index in [-0.39, 0.29) is 16.4 Å². The Balaban J connectivity index is 1.54. The second kappa shape index (κ2) is 8.55. The molecule has 4 nitrogen and oxygen atoms in total. The number of hydrogen-bond donors (Lipinski definition) is 0. The van der Waals surface area contributed by atoms with E-state index in [1.54, 1.807) is 37.4 Å². The first-order chi connectivity index (χ1) is 15.2. The highest BCUT2D eigenvalue weighted by atomic mass is 35.5. The van der Waals surface area contributed by atoms with Crippen LogP contribution in [0.1, 0.15) is 11.1 Å². The molecule has 0 fully saturated rings. The summed E-state index contributed by atoms with van der Waals surface area (Å²) < 4.78 is 53.7. The van der Waals surface area contributed by atoms with E-state index in [1.165, 1.54) is 35.2 Å². The van der Waals surface area contributed by atoms with E-state index in [1.807, 2.05) is 0 Å². The number of benzene rings is 3. The topological polar surface area (TPSA) is 43.1 Å². The average Bonchev–Trinajstić information content (AvgIpc) is 3.13. The molecule has 9 heteroatoms. The van der Waals surface area contributed by atoms with Crippen LogP contribution >= 0.6 is 11.6 Å². The predicted molar refractivity (Wildman–Crippen MR) is 116 cm³/mol. The van der Waals surface area contributed by atoms with Crippen molar-refractivity contribution in [3.8, 4) is 22.8 Å². The maximum Gasteiger partial charge on any atom is 0.416 e. The van der Waals surface area contributed by atoms with Crippen molar-refractivity contribution >= 4 is 23.5 Å². The molecule has 0 radical (unpaired) electrons. The van der Waals surface area contributed by atoms with Crippen LogP contribution in [-0.4, -0.2) is 21.0 Å². The molecule has 0 atom stereocenters. The minimum atomic E-state index is -4.37. The van der Waals surface area contributed by atoms with Gasteiger partial charge in [-0.1, -0.05) is 29.8 Å². The summed E-state index contributed by atoms with van der Waals surface area (Å²) in [5.41, 5.74) is 1.30. The highest BCUT2D eigenvalue weighted by Crippen LogP contribution is 2.31. The Morgan fingerprint density at radius 3 is 2.28 bits per heavy atom. The van der Waals surface area contributed by atoms with Gasteiger partial charge in [-0.15, -0.1) is 0 Å². The Morgan fingerprint density at radius 1 is 0.969 bits per heavy atom. The molecule has 1 aromatic heterocycles. The Morgan fingerprint density at radius 2 is 1.66 bits per heavy atom. The third-order valence-electron chi connectivity index (χ3n) is 4.68. The number of rotatable bonds is 4. The molecule has 0 aliphatic heterocycles. The quantitative estimate of drug-likeness (QED) is 0.252. The number of alkyl halides is 3. The van der Waals surface area contributed by atoms with Crippen LogP contribution in [0.15, 0.2) is 71.7 Å². The zero-order chi connectivity index (χ0) is 22.9. The lowest BCUT2D eigenvalue weighted by Gasteiger charge is -2.05. The van der Waals surface area contributed by atoms with Gasteiger partial charge in [-0.3, -0.25) is 4.99 Å². The van der Waals surface area contributed by atoms with E-state index in [4.69, 9.17) is 11.6 Å². The first-order valence-corrected chi connectivity index (χ1v) is 9.77. The molecule has 0 N–H and O–H groups in total. The zero-order valence-electron chi connectivity index (χ0n) is 16.6. The molecule has 4 aromatic rings. The number of hydrogen-bond acceptors (Lipinski definition) is 3. The average molecular weight is 459 g/mol. The normalized spacial score (nSPS) is 11.9. The van der Waals surface area contributed by atoms with Gasteiger partial charge < -0.3 is 0 Å². The summed E-state index contributed by atoms with van der Waals surface area (Å²) in [7, 11) is 1.69. The summed E-state index contributed by atoms with van der Waals surface area (Å²) in [6, 6.07) is 16.1.